The minimum Gasteiger partial charge on any atom is -0.363 e. The summed E-state index contributed by atoms with van der Waals surface area (Å²) in [5, 5.41) is 4.16. The molecular weight excluding hydrogens is 509 g/mol. The zero-order valence-electron chi connectivity index (χ0n) is 24.7. The summed E-state index contributed by atoms with van der Waals surface area (Å²) in [5.41, 5.74) is 2.61. The number of hydrogen-bond acceptors (Lipinski definition) is 4. The molecule has 2 aromatic carbocycles. The minimum atomic E-state index is -3.27. The van der Waals surface area contributed by atoms with Gasteiger partial charge in [-0.3, -0.25) is 0 Å². The van der Waals surface area contributed by atoms with Crippen LogP contribution in [0.25, 0.3) is 10.9 Å². The van der Waals surface area contributed by atoms with Crippen molar-refractivity contribution in [3.8, 4) is 0 Å². The molecule has 0 spiro atoms. The molecule has 3 aromatic rings. The summed E-state index contributed by atoms with van der Waals surface area (Å²) in [6, 6.07) is 7.84. The molecule has 0 saturated heterocycles. The average Bonchev–Trinajstić information content (AvgIpc) is 2.92. The fraction of sp³-hybridized carbons (Fsp3) is 0.515. The predicted molar refractivity (Wildman–Crippen MR) is 160 cm³/mol. The molecule has 0 bridgehead atoms. The molecule has 1 N–H and O–H groups in total. The van der Waals surface area contributed by atoms with Crippen molar-refractivity contribution in [2.75, 3.05) is 17.3 Å². The number of nitrogens with one attached hydrogen (secondary N) is 1. The van der Waals surface area contributed by atoms with Crippen LogP contribution in [0, 0.1) is 24.6 Å². The molecule has 0 amide bonds. The normalized spacial score (nSPS) is 16.2. The molecule has 4 nitrogen and oxygen atoms in total. The summed E-state index contributed by atoms with van der Waals surface area (Å²) >= 11 is 0. The van der Waals surface area contributed by atoms with E-state index in [0.717, 1.165) is 23.0 Å². The van der Waals surface area contributed by atoms with Crippen molar-refractivity contribution in [2.45, 2.75) is 91.0 Å². The molecule has 1 fully saturated rings. The fourth-order valence-electron chi connectivity index (χ4n) is 5.99. The van der Waals surface area contributed by atoms with E-state index in [1.165, 1.54) is 63.6 Å². The zero-order valence-corrected chi connectivity index (χ0v) is 24.7. The predicted octanol–water partition coefficient (Wildman–Crippen LogP) is 9.65. The maximum atomic E-state index is 15.5. The monoisotopic (exact) mass is 552 g/mol. The molecule has 1 aromatic heterocycles. The third-order valence-corrected chi connectivity index (χ3v) is 8.48. The standard InChI is InChI=1S/C33H43F3N4/c1-8-40(7)30-19-29-27(18-26(30)21(4)17-24-13-10-9-11-14-24)32(39-23(6)38-29)37-22(5)25-15-12-16-28(31(25)34)33(35,36)20(2)3/h8,12,15-16,18-22,24H,1,9-11,13-14,17H2,2-7H3,(H,37,38,39)/t21-,22+/m0/s1. The van der Waals surface area contributed by atoms with Gasteiger partial charge in [0.15, 0.2) is 0 Å². The van der Waals surface area contributed by atoms with Crippen molar-refractivity contribution in [2.24, 2.45) is 11.8 Å². The summed E-state index contributed by atoms with van der Waals surface area (Å²) in [5.74, 6) is -3.02. The van der Waals surface area contributed by atoms with Crippen LogP contribution in [0.5, 0.6) is 0 Å². The molecule has 216 valence electrons. The maximum Gasteiger partial charge on any atom is 0.278 e. The Hall–Kier alpha value is -3.09. The van der Waals surface area contributed by atoms with Gasteiger partial charge in [-0.2, -0.15) is 0 Å². The minimum absolute atomic E-state index is 0.177. The van der Waals surface area contributed by atoms with E-state index in [1.54, 1.807) is 19.2 Å². The highest BCUT2D eigenvalue weighted by Crippen LogP contribution is 2.41. The number of rotatable bonds is 10. The lowest BCUT2D eigenvalue weighted by Crippen LogP contribution is -2.24. The zero-order chi connectivity index (χ0) is 29.2. The van der Waals surface area contributed by atoms with Gasteiger partial charge in [-0.1, -0.05) is 77.7 Å². The van der Waals surface area contributed by atoms with E-state index < -0.39 is 29.3 Å². The number of anilines is 2. The fourth-order valence-corrected chi connectivity index (χ4v) is 5.99. The number of hydrogen-bond donors (Lipinski definition) is 1. The molecule has 7 heteroatoms. The topological polar surface area (TPSA) is 41.1 Å². The molecule has 1 saturated carbocycles. The lowest BCUT2D eigenvalue weighted by Gasteiger charge is -2.28. The van der Waals surface area contributed by atoms with Crippen LogP contribution in [0.1, 0.15) is 101 Å². The number of fused-ring (bicyclic) bond motifs is 1. The van der Waals surface area contributed by atoms with Crippen molar-refractivity contribution >= 4 is 22.4 Å². The Morgan fingerprint density at radius 1 is 1.07 bits per heavy atom. The summed E-state index contributed by atoms with van der Waals surface area (Å²) in [6.45, 7) is 12.6. The van der Waals surface area contributed by atoms with Gasteiger partial charge < -0.3 is 10.2 Å². The molecule has 0 unspecified atom stereocenters. The molecule has 1 heterocycles. The Morgan fingerprint density at radius 2 is 1.77 bits per heavy atom. The van der Waals surface area contributed by atoms with Gasteiger partial charge in [0.2, 0.25) is 0 Å². The van der Waals surface area contributed by atoms with Gasteiger partial charge in [0.1, 0.15) is 17.5 Å². The second-order valence-electron chi connectivity index (χ2n) is 11.8. The SMILES string of the molecule is C=CN(C)c1cc2nc(C)nc(N[C@H](C)c3cccc(C(F)(F)C(C)C)c3F)c2cc1[C@@H](C)CC1CCCCC1. The van der Waals surface area contributed by atoms with Gasteiger partial charge in [-0.15, -0.1) is 0 Å². The van der Waals surface area contributed by atoms with Gasteiger partial charge in [0, 0.05) is 29.6 Å². The molecule has 1 aliphatic rings. The average molecular weight is 553 g/mol. The van der Waals surface area contributed by atoms with Gasteiger partial charge >= 0.3 is 0 Å². The van der Waals surface area contributed by atoms with Gasteiger partial charge in [0.25, 0.3) is 5.92 Å². The largest absolute Gasteiger partial charge is 0.363 e. The van der Waals surface area contributed by atoms with Crippen LogP contribution in [0.15, 0.2) is 43.1 Å². The Balaban J connectivity index is 1.75. The van der Waals surface area contributed by atoms with Gasteiger partial charge in [-0.05, 0) is 56.0 Å². The molecule has 0 aliphatic heterocycles. The van der Waals surface area contributed by atoms with Crippen LogP contribution in [0.3, 0.4) is 0 Å². The second-order valence-corrected chi connectivity index (χ2v) is 11.8. The Kier molecular flexibility index (Phi) is 9.11. The molecule has 0 radical (unpaired) electrons. The highest BCUT2D eigenvalue weighted by atomic mass is 19.3. The highest BCUT2D eigenvalue weighted by molar-refractivity contribution is 5.93. The van der Waals surface area contributed by atoms with E-state index in [1.807, 2.05) is 18.9 Å². The summed E-state index contributed by atoms with van der Waals surface area (Å²) in [4.78, 5) is 11.4. The van der Waals surface area contributed by atoms with E-state index in [4.69, 9.17) is 4.98 Å². The molecule has 1 aliphatic carbocycles. The third kappa shape index (κ3) is 6.13. The quantitative estimate of drug-likeness (QED) is 0.272. The summed E-state index contributed by atoms with van der Waals surface area (Å²) in [6.07, 6.45) is 9.39. The number of benzene rings is 2. The highest BCUT2D eigenvalue weighted by Gasteiger charge is 2.39. The third-order valence-electron chi connectivity index (χ3n) is 8.48. The van der Waals surface area contributed by atoms with Crippen molar-refractivity contribution in [3.63, 3.8) is 0 Å². The van der Waals surface area contributed by atoms with Crippen LogP contribution < -0.4 is 10.2 Å². The second kappa shape index (κ2) is 12.2. The van der Waals surface area contributed by atoms with E-state index in [9.17, 15) is 8.78 Å². The van der Waals surface area contributed by atoms with E-state index in [2.05, 4.69) is 35.9 Å². The number of aryl methyl sites for hydroxylation is 1. The van der Waals surface area contributed by atoms with Crippen LogP contribution in [-0.2, 0) is 5.92 Å². The summed E-state index contributed by atoms with van der Waals surface area (Å²) in [7, 11) is 1.99. The van der Waals surface area contributed by atoms with Crippen molar-refractivity contribution in [1.82, 2.24) is 9.97 Å². The number of aromatic nitrogens is 2. The number of halogens is 3. The van der Waals surface area contributed by atoms with Crippen LogP contribution in [-0.4, -0.2) is 17.0 Å². The first-order valence-corrected chi connectivity index (χ1v) is 14.5. The van der Waals surface area contributed by atoms with E-state index in [-0.39, 0.29) is 5.56 Å². The summed E-state index contributed by atoms with van der Waals surface area (Å²) < 4.78 is 45.1. The Labute approximate surface area is 237 Å². The van der Waals surface area contributed by atoms with Gasteiger partial charge in [0.05, 0.1) is 17.1 Å². The molecule has 2 atom stereocenters. The lowest BCUT2D eigenvalue weighted by molar-refractivity contribution is -0.0545. The van der Waals surface area contributed by atoms with Crippen LogP contribution in [0.4, 0.5) is 24.7 Å². The van der Waals surface area contributed by atoms with Crippen molar-refractivity contribution in [1.29, 1.82) is 0 Å². The Morgan fingerprint density at radius 3 is 2.42 bits per heavy atom. The molecular formula is C33H43F3N4. The number of nitrogens with zero attached hydrogens (tertiary/aromatic N) is 3. The first-order valence-electron chi connectivity index (χ1n) is 14.5. The molecule has 4 rings (SSSR count). The van der Waals surface area contributed by atoms with E-state index in [0.29, 0.717) is 23.5 Å². The van der Waals surface area contributed by atoms with Gasteiger partial charge in [-0.25, -0.2) is 23.1 Å². The lowest BCUT2D eigenvalue weighted by atomic mass is 9.80. The van der Waals surface area contributed by atoms with Crippen LogP contribution in [0.2, 0.25) is 0 Å². The first kappa shape index (κ1) is 29.9. The smallest absolute Gasteiger partial charge is 0.278 e. The van der Waals surface area contributed by atoms with E-state index >= 15 is 4.39 Å². The first-order chi connectivity index (χ1) is 18.9. The van der Waals surface area contributed by atoms with Crippen LogP contribution >= 0.6 is 0 Å². The Bertz CT molecular complexity index is 1350. The maximum absolute atomic E-state index is 15.5. The van der Waals surface area contributed by atoms with Crippen molar-refractivity contribution < 1.29 is 13.2 Å². The molecule has 40 heavy (non-hydrogen) atoms. The number of alkyl halides is 2. The van der Waals surface area contributed by atoms with Crippen molar-refractivity contribution in [3.05, 3.63) is 71.4 Å².